The number of fused-ring (bicyclic) bond motifs is 1. The molecule has 1 amide bonds. The number of hydrogen-bond donors (Lipinski definition) is 3. The number of nitrogens with zero attached hydrogens (tertiary/aromatic N) is 4. The van der Waals surface area contributed by atoms with Crippen molar-refractivity contribution in [2.75, 3.05) is 18.4 Å². The van der Waals surface area contributed by atoms with Crippen LogP contribution >= 0.6 is 0 Å². The number of carbonyl (C=O) groups excluding carboxylic acids is 1. The molecule has 0 saturated carbocycles. The van der Waals surface area contributed by atoms with Crippen LogP contribution in [0.4, 0.5) is 5.82 Å². The smallest absolute Gasteiger partial charge is 0.287 e. The highest BCUT2D eigenvalue weighted by Gasteiger charge is 2.24. The van der Waals surface area contributed by atoms with E-state index in [9.17, 15) is 4.79 Å². The summed E-state index contributed by atoms with van der Waals surface area (Å²) in [6.07, 6.45) is 2.56. The number of anilines is 1. The highest BCUT2D eigenvalue weighted by atomic mass is 16.2. The topological polar surface area (TPSA) is 96.8 Å². The van der Waals surface area contributed by atoms with Crippen molar-refractivity contribution in [1.82, 2.24) is 30.2 Å². The Bertz CT molecular complexity index is 741. The minimum Gasteiger partial charge on any atom is -0.364 e. The van der Waals surface area contributed by atoms with E-state index in [1.165, 1.54) is 6.33 Å². The van der Waals surface area contributed by atoms with Gasteiger partial charge in [-0.15, -0.1) is 0 Å². The van der Waals surface area contributed by atoms with E-state index in [0.717, 1.165) is 19.5 Å². The SMILES string of the molecule is CCn1c(C(=O)NC(C)(C)C)nc2c(N[C@H]3CCNC3)ncnc21. The molecule has 8 heteroatoms. The maximum atomic E-state index is 12.6. The second kappa shape index (κ2) is 6.35. The average molecular weight is 331 g/mol. The number of carbonyl (C=O) groups is 1. The van der Waals surface area contributed by atoms with E-state index >= 15 is 0 Å². The van der Waals surface area contributed by atoms with Crippen LogP contribution in [-0.4, -0.2) is 50.1 Å². The van der Waals surface area contributed by atoms with E-state index in [4.69, 9.17) is 0 Å². The van der Waals surface area contributed by atoms with Gasteiger partial charge in [-0.2, -0.15) is 0 Å². The van der Waals surface area contributed by atoms with Gasteiger partial charge < -0.3 is 20.5 Å². The Kier molecular flexibility index (Phi) is 4.40. The van der Waals surface area contributed by atoms with Gasteiger partial charge in [-0.25, -0.2) is 15.0 Å². The van der Waals surface area contributed by atoms with Crippen molar-refractivity contribution < 1.29 is 4.79 Å². The molecule has 1 fully saturated rings. The Morgan fingerprint density at radius 2 is 2.21 bits per heavy atom. The molecule has 0 aromatic carbocycles. The van der Waals surface area contributed by atoms with E-state index in [1.807, 2.05) is 32.3 Å². The van der Waals surface area contributed by atoms with Gasteiger partial charge in [0.1, 0.15) is 6.33 Å². The van der Waals surface area contributed by atoms with E-state index in [0.29, 0.717) is 35.4 Å². The molecule has 0 unspecified atom stereocenters. The second-order valence-electron chi connectivity index (χ2n) is 7.11. The van der Waals surface area contributed by atoms with Gasteiger partial charge in [-0.05, 0) is 40.7 Å². The van der Waals surface area contributed by atoms with Crippen molar-refractivity contribution in [3.8, 4) is 0 Å². The Morgan fingerprint density at radius 3 is 2.83 bits per heavy atom. The predicted octanol–water partition coefficient (Wildman–Crippen LogP) is 1.15. The molecular weight excluding hydrogens is 306 g/mol. The molecule has 3 N–H and O–H groups in total. The lowest BCUT2D eigenvalue weighted by Crippen LogP contribution is -2.41. The number of amides is 1. The fourth-order valence-electron chi connectivity index (χ4n) is 2.88. The number of imidazole rings is 1. The van der Waals surface area contributed by atoms with Crippen molar-refractivity contribution in [2.45, 2.75) is 52.2 Å². The van der Waals surface area contributed by atoms with Crippen LogP contribution in [0, 0.1) is 0 Å². The fraction of sp³-hybridized carbons (Fsp3) is 0.625. The summed E-state index contributed by atoms with van der Waals surface area (Å²) in [5.74, 6) is 0.858. The molecule has 1 atom stereocenters. The minimum atomic E-state index is -0.323. The lowest BCUT2D eigenvalue weighted by atomic mass is 10.1. The largest absolute Gasteiger partial charge is 0.364 e. The number of aromatic nitrogens is 4. The molecule has 1 saturated heterocycles. The summed E-state index contributed by atoms with van der Waals surface area (Å²) in [6, 6.07) is 0.321. The molecule has 1 aliphatic rings. The predicted molar refractivity (Wildman–Crippen MR) is 93.1 cm³/mol. The molecule has 0 aliphatic carbocycles. The second-order valence-corrected chi connectivity index (χ2v) is 7.11. The molecule has 2 aromatic rings. The normalized spacial score (nSPS) is 18.1. The van der Waals surface area contributed by atoms with Crippen LogP contribution in [0.3, 0.4) is 0 Å². The Hall–Kier alpha value is -2.22. The van der Waals surface area contributed by atoms with Gasteiger partial charge in [-0.3, -0.25) is 4.79 Å². The van der Waals surface area contributed by atoms with Gasteiger partial charge in [0.05, 0.1) is 0 Å². The van der Waals surface area contributed by atoms with Gasteiger partial charge in [0.15, 0.2) is 17.0 Å². The van der Waals surface area contributed by atoms with Crippen LogP contribution in [0.25, 0.3) is 11.2 Å². The van der Waals surface area contributed by atoms with Crippen LogP contribution in [0.1, 0.15) is 44.7 Å². The highest BCUT2D eigenvalue weighted by Crippen LogP contribution is 2.22. The summed E-state index contributed by atoms with van der Waals surface area (Å²) >= 11 is 0. The zero-order valence-electron chi connectivity index (χ0n) is 14.7. The first-order valence-electron chi connectivity index (χ1n) is 8.40. The van der Waals surface area contributed by atoms with Gasteiger partial charge in [0.25, 0.3) is 5.91 Å². The van der Waals surface area contributed by atoms with Gasteiger partial charge >= 0.3 is 0 Å². The summed E-state index contributed by atoms with van der Waals surface area (Å²) < 4.78 is 1.83. The Labute approximate surface area is 141 Å². The first-order valence-corrected chi connectivity index (χ1v) is 8.40. The standard InChI is InChI=1S/C16H25N7O/c1-5-23-13-11(21-14(23)15(24)22-16(2,3)4)12(18-9-19-13)20-10-6-7-17-8-10/h9-10,17H,5-8H2,1-4H3,(H,22,24)(H,18,19,20)/t10-/m0/s1. The van der Waals surface area contributed by atoms with E-state index < -0.39 is 0 Å². The Morgan fingerprint density at radius 1 is 1.42 bits per heavy atom. The van der Waals surface area contributed by atoms with Gasteiger partial charge in [-0.1, -0.05) is 0 Å². The molecule has 130 valence electrons. The maximum Gasteiger partial charge on any atom is 0.287 e. The molecular formula is C16H25N7O. The molecule has 3 rings (SSSR count). The third-order valence-electron chi connectivity index (χ3n) is 3.94. The third-order valence-corrected chi connectivity index (χ3v) is 3.94. The van der Waals surface area contributed by atoms with Crippen molar-refractivity contribution >= 4 is 22.9 Å². The number of rotatable bonds is 4. The quantitative estimate of drug-likeness (QED) is 0.778. The summed E-state index contributed by atoms with van der Waals surface area (Å²) in [4.78, 5) is 25.8. The van der Waals surface area contributed by atoms with Crippen LogP contribution in [0.2, 0.25) is 0 Å². The van der Waals surface area contributed by atoms with Crippen LogP contribution in [0.5, 0.6) is 0 Å². The molecule has 0 radical (unpaired) electrons. The summed E-state index contributed by atoms with van der Waals surface area (Å²) in [5, 5.41) is 9.69. The molecule has 1 aliphatic heterocycles. The fourth-order valence-corrected chi connectivity index (χ4v) is 2.88. The van der Waals surface area contributed by atoms with Crippen LogP contribution in [0.15, 0.2) is 6.33 Å². The first-order chi connectivity index (χ1) is 11.4. The van der Waals surface area contributed by atoms with Crippen molar-refractivity contribution in [3.05, 3.63) is 12.2 Å². The van der Waals surface area contributed by atoms with Gasteiger partial charge in [0.2, 0.25) is 5.82 Å². The van der Waals surface area contributed by atoms with E-state index in [1.54, 1.807) is 0 Å². The van der Waals surface area contributed by atoms with Crippen molar-refractivity contribution in [2.24, 2.45) is 0 Å². The molecule has 2 aromatic heterocycles. The molecule has 24 heavy (non-hydrogen) atoms. The highest BCUT2D eigenvalue weighted by molar-refractivity contribution is 5.96. The molecule has 0 spiro atoms. The zero-order chi connectivity index (χ0) is 17.3. The number of nitrogens with one attached hydrogen (secondary N) is 3. The van der Waals surface area contributed by atoms with Crippen LogP contribution < -0.4 is 16.0 Å². The first kappa shape index (κ1) is 16.6. The summed E-state index contributed by atoms with van der Waals surface area (Å²) in [6.45, 7) is 10.3. The minimum absolute atomic E-state index is 0.198. The zero-order valence-corrected chi connectivity index (χ0v) is 14.7. The molecule has 8 nitrogen and oxygen atoms in total. The monoisotopic (exact) mass is 331 g/mol. The lowest BCUT2D eigenvalue weighted by Gasteiger charge is -2.20. The number of aryl methyl sites for hydroxylation is 1. The maximum absolute atomic E-state index is 12.6. The molecule has 0 bridgehead atoms. The van der Waals surface area contributed by atoms with Crippen molar-refractivity contribution in [1.29, 1.82) is 0 Å². The Balaban J connectivity index is 1.99. The lowest BCUT2D eigenvalue weighted by molar-refractivity contribution is 0.0905. The summed E-state index contributed by atoms with van der Waals surface area (Å²) in [5.41, 5.74) is 1.00. The van der Waals surface area contributed by atoms with Crippen LogP contribution in [-0.2, 0) is 6.54 Å². The van der Waals surface area contributed by atoms with Crippen molar-refractivity contribution in [3.63, 3.8) is 0 Å². The third kappa shape index (κ3) is 3.33. The van der Waals surface area contributed by atoms with E-state index in [-0.39, 0.29) is 11.4 Å². The summed E-state index contributed by atoms with van der Waals surface area (Å²) in [7, 11) is 0. The number of hydrogen-bond acceptors (Lipinski definition) is 6. The van der Waals surface area contributed by atoms with E-state index in [2.05, 4.69) is 30.9 Å². The molecule has 3 heterocycles. The average Bonchev–Trinajstić information content (AvgIpc) is 3.12. The van der Waals surface area contributed by atoms with Gasteiger partial charge in [0, 0.05) is 24.7 Å².